The van der Waals surface area contributed by atoms with E-state index in [9.17, 15) is 4.79 Å². The summed E-state index contributed by atoms with van der Waals surface area (Å²) < 4.78 is 0. The Balaban J connectivity index is 2.22. The molecule has 50 valence electrons. The lowest BCUT2D eigenvalue weighted by Crippen LogP contribution is -2.41. The molecule has 1 aliphatic rings. The van der Waals surface area contributed by atoms with Gasteiger partial charge >= 0.3 is 0 Å². The Hall–Kier alpha value is -1.10. The zero-order valence-corrected chi connectivity index (χ0v) is 5.09. The molecule has 0 spiro atoms. The molecule has 0 radical (unpaired) electrons. The summed E-state index contributed by atoms with van der Waals surface area (Å²) >= 11 is 0. The molecule has 0 aromatic heterocycles. The summed E-state index contributed by atoms with van der Waals surface area (Å²) in [5.41, 5.74) is 5.26. The van der Waals surface area contributed by atoms with Crippen molar-refractivity contribution >= 4 is 12.1 Å². The van der Waals surface area contributed by atoms with Gasteiger partial charge in [-0.15, -0.1) is 5.12 Å². The van der Waals surface area contributed by atoms with Crippen molar-refractivity contribution in [2.45, 2.75) is 6.92 Å². The topological polar surface area (TPSA) is 56.7 Å². The number of hydrazine groups is 2. The number of hydrazone groups is 1. The molecule has 0 aliphatic carbocycles. The Morgan fingerprint density at radius 3 is 3.11 bits per heavy atom. The molecule has 5 heteroatoms. The van der Waals surface area contributed by atoms with Gasteiger partial charge in [0.15, 0.2) is 0 Å². The Bertz CT molecular complexity index is 136. The average Bonchev–Trinajstić information content (AvgIpc) is 2.15. The highest BCUT2D eigenvalue weighted by atomic mass is 16.1. The number of carbonyl (C=O) groups excluding carboxylic acids is 1. The third-order valence-corrected chi connectivity index (χ3v) is 0.837. The molecule has 0 fully saturated rings. The summed E-state index contributed by atoms with van der Waals surface area (Å²) in [6.07, 6.45) is 1.48. The van der Waals surface area contributed by atoms with Gasteiger partial charge in [0.2, 0.25) is 0 Å². The van der Waals surface area contributed by atoms with Gasteiger partial charge < -0.3 is 0 Å². The van der Waals surface area contributed by atoms with Crippen LogP contribution in [0.1, 0.15) is 6.92 Å². The summed E-state index contributed by atoms with van der Waals surface area (Å²) in [7, 11) is 0. The van der Waals surface area contributed by atoms with Crippen LogP contribution in [0.25, 0.3) is 0 Å². The molecule has 0 amide bonds. The largest absolute Gasteiger partial charge is 0.298 e. The van der Waals surface area contributed by atoms with Crippen LogP contribution in [-0.4, -0.2) is 23.8 Å². The van der Waals surface area contributed by atoms with Crippen LogP contribution in [0.4, 0.5) is 0 Å². The van der Waals surface area contributed by atoms with Crippen molar-refractivity contribution < 1.29 is 4.79 Å². The normalized spacial score (nSPS) is 17.0. The second kappa shape index (κ2) is 2.45. The van der Waals surface area contributed by atoms with Crippen LogP contribution in [0.2, 0.25) is 0 Å². The summed E-state index contributed by atoms with van der Waals surface area (Å²) in [5.74, 6) is 0.0838. The van der Waals surface area contributed by atoms with Crippen molar-refractivity contribution in [1.82, 2.24) is 16.1 Å². The Labute approximate surface area is 52.7 Å². The van der Waals surface area contributed by atoms with Crippen molar-refractivity contribution in [2.75, 3.05) is 6.54 Å². The standard InChI is InChI=1S/C4H8N4O/c1-4(9)2-8-6-3-5-7-8/h3,7H,2H2,1H3,(H,5,6). The first-order valence-electron chi connectivity index (χ1n) is 2.59. The van der Waals surface area contributed by atoms with Gasteiger partial charge in [-0.25, -0.2) is 5.53 Å². The molecule has 0 atom stereocenters. The van der Waals surface area contributed by atoms with Gasteiger partial charge in [-0.1, -0.05) is 0 Å². The second-order valence-corrected chi connectivity index (χ2v) is 1.78. The highest BCUT2D eigenvalue weighted by Gasteiger charge is 2.06. The lowest BCUT2D eigenvalue weighted by atomic mass is 10.5. The van der Waals surface area contributed by atoms with Gasteiger partial charge in [-0.05, 0) is 6.92 Å². The molecular weight excluding hydrogens is 120 g/mol. The average molecular weight is 128 g/mol. The first kappa shape index (κ1) is 6.03. The quantitative estimate of drug-likeness (QED) is 0.492. The molecule has 0 saturated carbocycles. The molecule has 5 nitrogen and oxygen atoms in total. The van der Waals surface area contributed by atoms with E-state index in [4.69, 9.17) is 0 Å². The lowest BCUT2D eigenvalue weighted by Gasteiger charge is -2.10. The van der Waals surface area contributed by atoms with Crippen LogP contribution >= 0.6 is 0 Å². The van der Waals surface area contributed by atoms with Crippen LogP contribution in [0.5, 0.6) is 0 Å². The van der Waals surface area contributed by atoms with Crippen molar-refractivity contribution in [3.05, 3.63) is 0 Å². The van der Waals surface area contributed by atoms with Gasteiger partial charge in [0.25, 0.3) is 0 Å². The number of rotatable bonds is 2. The van der Waals surface area contributed by atoms with E-state index >= 15 is 0 Å². The van der Waals surface area contributed by atoms with Crippen molar-refractivity contribution in [3.63, 3.8) is 0 Å². The Kier molecular flexibility index (Phi) is 1.64. The predicted molar refractivity (Wildman–Crippen MR) is 32.2 cm³/mol. The fourth-order valence-corrected chi connectivity index (χ4v) is 0.530. The van der Waals surface area contributed by atoms with Gasteiger partial charge in [-0.2, -0.15) is 5.10 Å². The Morgan fingerprint density at radius 1 is 1.89 bits per heavy atom. The number of carbonyl (C=O) groups is 1. The molecule has 0 aromatic carbocycles. The van der Waals surface area contributed by atoms with Crippen molar-refractivity contribution in [1.29, 1.82) is 0 Å². The zero-order chi connectivity index (χ0) is 6.69. The van der Waals surface area contributed by atoms with Gasteiger partial charge in [0, 0.05) is 0 Å². The van der Waals surface area contributed by atoms with Crippen LogP contribution in [-0.2, 0) is 4.79 Å². The van der Waals surface area contributed by atoms with E-state index in [-0.39, 0.29) is 5.78 Å². The minimum Gasteiger partial charge on any atom is -0.298 e. The minimum absolute atomic E-state index is 0.0838. The predicted octanol–water partition coefficient (Wildman–Crippen LogP) is -1.16. The highest BCUT2D eigenvalue weighted by molar-refractivity contribution is 5.77. The molecule has 9 heavy (non-hydrogen) atoms. The third-order valence-electron chi connectivity index (χ3n) is 0.837. The van der Waals surface area contributed by atoms with E-state index in [1.54, 1.807) is 0 Å². The highest BCUT2D eigenvalue weighted by Crippen LogP contribution is 1.80. The van der Waals surface area contributed by atoms with Crippen LogP contribution < -0.4 is 11.0 Å². The third kappa shape index (κ3) is 1.69. The maximum Gasteiger partial charge on any atom is 0.147 e. The first-order valence-corrected chi connectivity index (χ1v) is 2.59. The second-order valence-electron chi connectivity index (χ2n) is 1.78. The first-order chi connectivity index (χ1) is 4.29. The SMILES string of the molecule is CC(=O)CN1NC=NN1. The summed E-state index contributed by atoms with van der Waals surface area (Å²) in [6, 6.07) is 0. The van der Waals surface area contributed by atoms with Gasteiger partial charge in [0.1, 0.15) is 12.1 Å². The maximum absolute atomic E-state index is 10.4. The number of ketones is 1. The maximum atomic E-state index is 10.4. The van der Waals surface area contributed by atoms with Crippen LogP contribution in [0, 0.1) is 0 Å². The number of nitrogens with zero attached hydrogens (tertiary/aromatic N) is 2. The number of Topliss-reactive ketones (excluding diaryl/α,β-unsaturated/α-hetero) is 1. The summed E-state index contributed by atoms with van der Waals surface area (Å²) in [5, 5.41) is 5.09. The van der Waals surface area contributed by atoms with E-state index in [1.807, 2.05) is 0 Å². The minimum atomic E-state index is 0.0838. The van der Waals surface area contributed by atoms with Crippen molar-refractivity contribution in [3.8, 4) is 0 Å². The van der Waals surface area contributed by atoms with E-state index in [1.165, 1.54) is 18.4 Å². The zero-order valence-electron chi connectivity index (χ0n) is 5.09. The van der Waals surface area contributed by atoms with E-state index in [0.29, 0.717) is 6.54 Å². The van der Waals surface area contributed by atoms with Crippen LogP contribution in [0.3, 0.4) is 0 Å². The van der Waals surface area contributed by atoms with Crippen LogP contribution in [0.15, 0.2) is 5.10 Å². The Morgan fingerprint density at radius 2 is 2.67 bits per heavy atom. The van der Waals surface area contributed by atoms with Crippen molar-refractivity contribution in [2.24, 2.45) is 5.10 Å². The molecular formula is C4H8N4O. The number of hydrogen-bond donors (Lipinski definition) is 2. The number of hydrogen-bond acceptors (Lipinski definition) is 5. The lowest BCUT2D eigenvalue weighted by molar-refractivity contribution is -0.119. The van der Waals surface area contributed by atoms with Gasteiger partial charge in [-0.3, -0.25) is 10.2 Å². The van der Waals surface area contributed by atoms with E-state index in [0.717, 1.165) is 0 Å². The smallest absolute Gasteiger partial charge is 0.147 e. The summed E-state index contributed by atoms with van der Waals surface area (Å²) in [4.78, 5) is 10.4. The monoisotopic (exact) mass is 128 g/mol. The summed E-state index contributed by atoms with van der Waals surface area (Å²) in [6.45, 7) is 1.83. The molecule has 1 rings (SSSR count). The molecule has 1 heterocycles. The molecule has 2 N–H and O–H groups in total. The molecule has 0 aromatic rings. The van der Waals surface area contributed by atoms with Gasteiger partial charge in [0.05, 0.1) is 6.54 Å². The van der Waals surface area contributed by atoms with E-state index < -0.39 is 0 Å². The molecule has 0 saturated heterocycles. The fraction of sp³-hybridized carbons (Fsp3) is 0.500. The molecule has 0 unspecified atom stereocenters. The fourth-order valence-electron chi connectivity index (χ4n) is 0.530. The van der Waals surface area contributed by atoms with E-state index in [2.05, 4.69) is 16.1 Å². The molecule has 1 aliphatic heterocycles. The molecule has 0 bridgehead atoms. The number of nitrogens with one attached hydrogen (secondary N) is 2.